The van der Waals surface area contributed by atoms with Crippen LogP contribution in [0.4, 0.5) is 0 Å². The highest BCUT2D eigenvalue weighted by Gasteiger charge is 2.23. The predicted octanol–water partition coefficient (Wildman–Crippen LogP) is 1.91. The molecule has 0 radical (unpaired) electrons. The van der Waals surface area contributed by atoms with E-state index in [1.807, 2.05) is 11.4 Å². The monoisotopic (exact) mass is 393 g/mol. The number of aliphatic hydroxyl groups excluding tert-OH is 1. The Morgan fingerprint density at radius 3 is 2.90 bits per heavy atom. The number of aliphatic hydroxyl groups is 1. The fourth-order valence-electron chi connectivity index (χ4n) is 1.75. The summed E-state index contributed by atoms with van der Waals surface area (Å²) >= 11 is 4.86. The van der Waals surface area contributed by atoms with Crippen molar-refractivity contribution in [1.82, 2.24) is 14.1 Å². The molecule has 1 N–H and O–H groups in total. The van der Waals surface area contributed by atoms with Crippen LogP contribution in [0.2, 0.25) is 0 Å². The van der Waals surface area contributed by atoms with Gasteiger partial charge in [0.2, 0.25) is 10.0 Å². The predicted molar refractivity (Wildman–Crippen MR) is 84.6 cm³/mol. The smallest absolute Gasteiger partial charge is 0.246 e. The van der Waals surface area contributed by atoms with Gasteiger partial charge in [-0.05, 0) is 28.4 Å². The number of rotatable bonds is 7. The first kappa shape index (κ1) is 16.6. The van der Waals surface area contributed by atoms with Crippen molar-refractivity contribution >= 4 is 37.3 Å². The van der Waals surface area contributed by atoms with Crippen LogP contribution in [-0.2, 0) is 23.1 Å². The van der Waals surface area contributed by atoms with E-state index in [0.717, 1.165) is 9.35 Å². The molecule has 0 spiro atoms. The van der Waals surface area contributed by atoms with E-state index in [1.54, 1.807) is 7.05 Å². The number of thiophene rings is 1. The molecule has 0 aliphatic rings. The first-order valence-corrected chi connectivity index (χ1v) is 9.37. The molecule has 116 valence electrons. The normalized spacial score (nSPS) is 12.2. The van der Waals surface area contributed by atoms with Crippen LogP contribution in [-0.4, -0.2) is 41.3 Å². The molecule has 0 fully saturated rings. The molecule has 0 unspecified atom stereocenters. The lowest BCUT2D eigenvalue weighted by Gasteiger charge is -2.14. The fraction of sp³-hybridized carbons (Fsp3) is 0.417. The average Bonchev–Trinajstić information content (AvgIpc) is 3.06. The molecule has 2 aromatic rings. The van der Waals surface area contributed by atoms with Gasteiger partial charge in [-0.3, -0.25) is 4.68 Å². The van der Waals surface area contributed by atoms with Crippen molar-refractivity contribution in [2.45, 2.75) is 24.4 Å². The molecule has 6 nitrogen and oxygen atoms in total. The summed E-state index contributed by atoms with van der Waals surface area (Å²) in [5.74, 6) is 0. The van der Waals surface area contributed by atoms with Crippen LogP contribution in [0.1, 0.15) is 11.3 Å². The van der Waals surface area contributed by atoms with Crippen molar-refractivity contribution < 1.29 is 13.5 Å². The van der Waals surface area contributed by atoms with E-state index >= 15 is 0 Å². The Labute approximate surface area is 136 Å². The van der Waals surface area contributed by atoms with Crippen molar-refractivity contribution in [3.05, 3.63) is 33.2 Å². The van der Waals surface area contributed by atoms with Gasteiger partial charge in [0.25, 0.3) is 0 Å². The molecular formula is C12H16BrN3O3S2. The van der Waals surface area contributed by atoms with E-state index in [1.165, 1.54) is 32.7 Å². The second-order valence-electron chi connectivity index (χ2n) is 4.51. The lowest BCUT2D eigenvalue weighted by atomic mass is 10.5. The van der Waals surface area contributed by atoms with Crippen LogP contribution in [0.15, 0.2) is 33.2 Å². The zero-order chi connectivity index (χ0) is 15.5. The van der Waals surface area contributed by atoms with E-state index in [4.69, 9.17) is 5.11 Å². The van der Waals surface area contributed by atoms with Crippen LogP contribution in [0.5, 0.6) is 0 Å². The van der Waals surface area contributed by atoms with Crippen LogP contribution < -0.4 is 0 Å². The molecule has 0 amide bonds. The van der Waals surface area contributed by atoms with E-state index in [9.17, 15) is 8.42 Å². The number of hydrogen-bond acceptors (Lipinski definition) is 5. The molecule has 2 heterocycles. The molecule has 0 aromatic carbocycles. The molecule has 0 saturated heterocycles. The minimum Gasteiger partial charge on any atom is -0.396 e. The lowest BCUT2D eigenvalue weighted by Crippen LogP contribution is -2.25. The summed E-state index contributed by atoms with van der Waals surface area (Å²) in [6, 6.07) is 1.90. The van der Waals surface area contributed by atoms with E-state index in [0.29, 0.717) is 19.5 Å². The zero-order valence-electron chi connectivity index (χ0n) is 11.4. The van der Waals surface area contributed by atoms with Crippen LogP contribution in [0.25, 0.3) is 0 Å². The quantitative estimate of drug-likeness (QED) is 0.779. The van der Waals surface area contributed by atoms with Gasteiger partial charge in [-0.1, -0.05) is 0 Å². The molecule has 9 heteroatoms. The maximum absolute atomic E-state index is 12.4. The molecule has 2 aromatic heterocycles. The maximum Gasteiger partial charge on any atom is 0.246 e. The molecule has 0 bridgehead atoms. The Morgan fingerprint density at radius 2 is 2.29 bits per heavy atom. The maximum atomic E-state index is 12.4. The van der Waals surface area contributed by atoms with E-state index in [2.05, 4.69) is 21.0 Å². The van der Waals surface area contributed by atoms with Gasteiger partial charge >= 0.3 is 0 Å². The highest BCUT2D eigenvalue weighted by Crippen LogP contribution is 2.23. The Kier molecular flexibility index (Phi) is 5.55. The van der Waals surface area contributed by atoms with Gasteiger partial charge in [-0.2, -0.15) is 9.40 Å². The van der Waals surface area contributed by atoms with Crippen LogP contribution in [0.3, 0.4) is 0 Å². The van der Waals surface area contributed by atoms with Crippen LogP contribution in [0, 0.1) is 0 Å². The molecule has 21 heavy (non-hydrogen) atoms. The minimum absolute atomic E-state index is 0.0507. The molecular weight excluding hydrogens is 378 g/mol. The number of hydrogen-bond donors (Lipinski definition) is 1. The molecule has 0 aliphatic carbocycles. The number of aromatic nitrogens is 2. The summed E-state index contributed by atoms with van der Waals surface area (Å²) in [5, 5.41) is 14.7. The Morgan fingerprint density at radius 1 is 1.52 bits per heavy atom. The molecule has 0 aliphatic heterocycles. The average molecular weight is 394 g/mol. The summed E-state index contributed by atoms with van der Waals surface area (Å²) in [4.78, 5) is 1.12. The van der Waals surface area contributed by atoms with Gasteiger partial charge in [-0.15, -0.1) is 11.3 Å². The van der Waals surface area contributed by atoms with E-state index in [-0.39, 0.29) is 11.5 Å². The first-order chi connectivity index (χ1) is 9.93. The third-order valence-corrected chi connectivity index (χ3v) is 6.30. The second kappa shape index (κ2) is 7.01. The molecule has 2 rings (SSSR count). The Bertz CT molecular complexity index is 696. The number of sulfonamides is 1. The highest BCUT2D eigenvalue weighted by atomic mass is 79.9. The van der Waals surface area contributed by atoms with Crippen molar-refractivity contribution in [3.63, 3.8) is 0 Å². The standard InChI is InChI=1S/C12H16BrN3O3S2/c1-15(7-11-5-10(13)9-20-11)21(18,19)12-6-14-16(8-12)3-2-4-17/h5-6,8-9,17H,2-4,7H2,1H3. The van der Waals surface area contributed by atoms with Gasteiger partial charge in [0.1, 0.15) is 4.90 Å². The topological polar surface area (TPSA) is 75.4 Å². The summed E-state index contributed by atoms with van der Waals surface area (Å²) in [6.07, 6.45) is 3.37. The number of nitrogens with zero attached hydrogens (tertiary/aromatic N) is 3. The summed E-state index contributed by atoms with van der Waals surface area (Å²) in [6.45, 7) is 0.864. The SMILES string of the molecule is CN(Cc1cc(Br)cs1)S(=O)(=O)c1cnn(CCCO)c1. The minimum atomic E-state index is -3.55. The largest absolute Gasteiger partial charge is 0.396 e. The highest BCUT2D eigenvalue weighted by molar-refractivity contribution is 9.10. The van der Waals surface area contributed by atoms with Crippen molar-refractivity contribution in [2.75, 3.05) is 13.7 Å². The third kappa shape index (κ3) is 4.13. The van der Waals surface area contributed by atoms with Gasteiger partial charge < -0.3 is 5.11 Å². The summed E-state index contributed by atoms with van der Waals surface area (Å²) in [7, 11) is -2.00. The first-order valence-electron chi connectivity index (χ1n) is 6.26. The van der Waals surface area contributed by atoms with Crippen molar-refractivity contribution in [2.24, 2.45) is 0 Å². The molecule has 0 saturated carbocycles. The number of aryl methyl sites for hydroxylation is 1. The van der Waals surface area contributed by atoms with Crippen molar-refractivity contribution in [1.29, 1.82) is 0 Å². The molecule has 0 atom stereocenters. The van der Waals surface area contributed by atoms with Gasteiger partial charge in [0, 0.05) is 47.7 Å². The third-order valence-electron chi connectivity index (χ3n) is 2.86. The van der Waals surface area contributed by atoms with Gasteiger partial charge in [0.15, 0.2) is 0 Å². The van der Waals surface area contributed by atoms with Crippen LogP contribution >= 0.6 is 27.3 Å². The summed E-state index contributed by atoms with van der Waals surface area (Å²) < 4.78 is 28.7. The fourth-order valence-corrected chi connectivity index (χ4v) is 4.44. The second-order valence-corrected chi connectivity index (χ2v) is 8.46. The lowest BCUT2D eigenvalue weighted by molar-refractivity contribution is 0.277. The Hall–Kier alpha value is -0.740. The van der Waals surface area contributed by atoms with Gasteiger partial charge in [-0.25, -0.2) is 8.42 Å². The number of halogens is 1. The van der Waals surface area contributed by atoms with Crippen molar-refractivity contribution in [3.8, 4) is 0 Å². The van der Waals surface area contributed by atoms with E-state index < -0.39 is 10.0 Å². The zero-order valence-corrected chi connectivity index (χ0v) is 14.7. The Balaban J connectivity index is 2.11. The summed E-state index contributed by atoms with van der Waals surface area (Å²) in [5.41, 5.74) is 0. The van der Waals surface area contributed by atoms with Gasteiger partial charge in [0.05, 0.1) is 6.20 Å².